The van der Waals surface area contributed by atoms with Gasteiger partial charge in [0.2, 0.25) is 0 Å². The second-order valence-corrected chi connectivity index (χ2v) is 13.6. The SMILES string of the molecule is COCC(C)COCc1ccc(C2(O)CCCCC2C2=C(C)C3CC3(C3=C(CCN4CCOC4=O)CCC=C3)C=C2)cc1. The number of aliphatic hydroxyl groups is 1. The Hall–Kier alpha value is -2.67. The van der Waals surface area contributed by atoms with Gasteiger partial charge in [-0.2, -0.15) is 0 Å². The van der Waals surface area contributed by atoms with Crippen LogP contribution < -0.4 is 0 Å². The van der Waals surface area contributed by atoms with Gasteiger partial charge < -0.3 is 24.2 Å². The molecule has 0 aromatic heterocycles. The van der Waals surface area contributed by atoms with Crippen molar-refractivity contribution >= 4 is 6.09 Å². The Balaban J connectivity index is 1.17. The second kappa shape index (κ2) is 12.7. The van der Waals surface area contributed by atoms with Crippen molar-refractivity contribution in [3.05, 3.63) is 82.0 Å². The Bertz CT molecular complexity index is 1310. The molecule has 0 bridgehead atoms. The summed E-state index contributed by atoms with van der Waals surface area (Å²) in [6.45, 7) is 8.33. The fourth-order valence-electron chi connectivity index (χ4n) is 8.22. The first-order valence-electron chi connectivity index (χ1n) is 16.4. The lowest BCUT2D eigenvalue weighted by Crippen LogP contribution is -2.39. The number of nitrogens with zero attached hydrogens (tertiary/aromatic N) is 1. The van der Waals surface area contributed by atoms with Gasteiger partial charge in [-0.1, -0.05) is 79.5 Å². The normalized spacial score (nSPS) is 31.0. The van der Waals surface area contributed by atoms with Crippen LogP contribution in [0.3, 0.4) is 0 Å². The van der Waals surface area contributed by atoms with Gasteiger partial charge in [0, 0.05) is 30.9 Å². The van der Waals surface area contributed by atoms with Gasteiger partial charge in [0.1, 0.15) is 6.61 Å². The van der Waals surface area contributed by atoms with Crippen LogP contribution in [-0.4, -0.2) is 56.1 Å². The molecule has 6 heteroatoms. The molecular weight excluding hydrogens is 538 g/mol. The molecule has 5 unspecified atom stereocenters. The van der Waals surface area contributed by atoms with Crippen molar-refractivity contribution in [1.82, 2.24) is 4.90 Å². The van der Waals surface area contributed by atoms with Gasteiger partial charge in [-0.3, -0.25) is 0 Å². The molecule has 6 rings (SSSR count). The third kappa shape index (κ3) is 6.03. The van der Waals surface area contributed by atoms with E-state index in [0.29, 0.717) is 44.8 Å². The highest BCUT2D eigenvalue weighted by molar-refractivity contribution is 5.69. The Morgan fingerprint density at radius 3 is 2.74 bits per heavy atom. The van der Waals surface area contributed by atoms with Gasteiger partial charge in [0.25, 0.3) is 0 Å². The summed E-state index contributed by atoms with van der Waals surface area (Å²) in [5.74, 6) is 0.957. The summed E-state index contributed by atoms with van der Waals surface area (Å²) in [5, 5.41) is 12.3. The van der Waals surface area contributed by atoms with Crippen LogP contribution in [0.1, 0.15) is 76.3 Å². The van der Waals surface area contributed by atoms with Crippen molar-refractivity contribution < 1.29 is 24.1 Å². The summed E-state index contributed by atoms with van der Waals surface area (Å²) in [6, 6.07) is 8.49. The van der Waals surface area contributed by atoms with E-state index in [-0.39, 0.29) is 17.4 Å². The predicted molar refractivity (Wildman–Crippen MR) is 168 cm³/mol. The van der Waals surface area contributed by atoms with Gasteiger partial charge in [-0.25, -0.2) is 4.79 Å². The Morgan fingerprint density at radius 2 is 1.98 bits per heavy atom. The molecule has 4 aliphatic carbocycles. The molecule has 2 saturated carbocycles. The third-order valence-corrected chi connectivity index (χ3v) is 10.7. The Labute approximate surface area is 257 Å². The number of rotatable bonds is 12. The third-order valence-electron chi connectivity index (χ3n) is 10.7. The van der Waals surface area contributed by atoms with E-state index < -0.39 is 5.60 Å². The summed E-state index contributed by atoms with van der Waals surface area (Å²) < 4.78 is 16.3. The number of allylic oxidation sites excluding steroid dienone is 6. The van der Waals surface area contributed by atoms with Crippen molar-refractivity contribution in [3.8, 4) is 0 Å². The van der Waals surface area contributed by atoms with Crippen molar-refractivity contribution in [2.75, 3.05) is 40.0 Å². The quantitative estimate of drug-likeness (QED) is 0.279. The number of methoxy groups -OCH3 is 1. The van der Waals surface area contributed by atoms with E-state index >= 15 is 0 Å². The first-order valence-corrected chi connectivity index (χ1v) is 16.4. The maximum Gasteiger partial charge on any atom is 0.409 e. The minimum atomic E-state index is -0.861. The van der Waals surface area contributed by atoms with E-state index in [1.165, 1.54) is 22.3 Å². The van der Waals surface area contributed by atoms with Crippen LogP contribution in [0.2, 0.25) is 0 Å². The second-order valence-electron chi connectivity index (χ2n) is 13.6. The molecule has 1 aromatic carbocycles. The van der Waals surface area contributed by atoms with Crippen LogP contribution in [0.25, 0.3) is 0 Å². The largest absolute Gasteiger partial charge is 0.448 e. The molecule has 0 spiro atoms. The number of amides is 1. The molecule has 0 radical (unpaired) electrons. The lowest BCUT2D eigenvalue weighted by molar-refractivity contribution is -0.0391. The lowest BCUT2D eigenvalue weighted by atomic mass is 9.66. The van der Waals surface area contributed by atoms with Crippen LogP contribution in [0.5, 0.6) is 0 Å². The smallest absolute Gasteiger partial charge is 0.409 e. The maximum atomic E-state index is 12.3. The summed E-state index contributed by atoms with van der Waals surface area (Å²) >= 11 is 0. The van der Waals surface area contributed by atoms with Crippen LogP contribution in [0, 0.1) is 23.2 Å². The lowest BCUT2D eigenvalue weighted by Gasteiger charge is -2.43. The van der Waals surface area contributed by atoms with Crippen LogP contribution >= 0.6 is 0 Å². The van der Waals surface area contributed by atoms with E-state index in [1.54, 1.807) is 7.11 Å². The topological polar surface area (TPSA) is 68.2 Å². The number of hydrogen-bond donors (Lipinski definition) is 1. The molecular formula is C37H49NO5. The van der Waals surface area contributed by atoms with E-state index in [2.05, 4.69) is 62.4 Å². The summed E-state index contributed by atoms with van der Waals surface area (Å²) in [4.78, 5) is 13.9. The van der Waals surface area contributed by atoms with Crippen LogP contribution in [0.15, 0.2) is 70.9 Å². The molecule has 232 valence electrons. The average molecular weight is 588 g/mol. The van der Waals surface area contributed by atoms with Gasteiger partial charge in [0.15, 0.2) is 0 Å². The number of hydrogen-bond acceptors (Lipinski definition) is 5. The molecule has 1 heterocycles. The van der Waals surface area contributed by atoms with Crippen LogP contribution in [0.4, 0.5) is 4.79 Å². The Kier molecular flexibility index (Phi) is 9.00. The van der Waals surface area contributed by atoms with Crippen LogP contribution in [-0.2, 0) is 26.4 Å². The minimum absolute atomic E-state index is 0.0700. The van der Waals surface area contributed by atoms with Crippen molar-refractivity contribution in [2.24, 2.45) is 23.2 Å². The Morgan fingerprint density at radius 1 is 1.14 bits per heavy atom. The van der Waals surface area contributed by atoms with E-state index in [0.717, 1.165) is 69.0 Å². The highest BCUT2D eigenvalue weighted by Crippen LogP contribution is 2.67. The van der Waals surface area contributed by atoms with Gasteiger partial charge in [-0.05, 0) is 73.6 Å². The van der Waals surface area contributed by atoms with Gasteiger partial charge in [0.05, 0.1) is 32.0 Å². The zero-order valence-corrected chi connectivity index (χ0v) is 26.3. The number of carbonyl (C=O) groups excluding carboxylic acids is 1. The zero-order chi connectivity index (χ0) is 30.0. The molecule has 5 atom stereocenters. The first-order chi connectivity index (χ1) is 20.9. The maximum absolute atomic E-state index is 12.3. The fourth-order valence-corrected chi connectivity index (χ4v) is 8.22. The molecule has 5 aliphatic rings. The molecule has 43 heavy (non-hydrogen) atoms. The molecule has 1 aliphatic heterocycles. The molecule has 3 fully saturated rings. The van der Waals surface area contributed by atoms with Crippen molar-refractivity contribution in [3.63, 3.8) is 0 Å². The first kappa shape index (κ1) is 30.4. The highest BCUT2D eigenvalue weighted by atomic mass is 16.6. The number of cyclic esters (lactones) is 1. The van der Waals surface area contributed by atoms with E-state index in [9.17, 15) is 9.90 Å². The van der Waals surface area contributed by atoms with E-state index in [1.807, 2.05) is 4.90 Å². The minimum Gasteiger partial charge on any atom is -0.448 e. The molecule has 1 amide bonds. The van der Waals surface area contributed by atoms with Gasteiger partial charge >= 0.3 is 6.09 Å². The number of ether oxygens (including phenoxy) is 3. The number of benzene rings is 1. The van der Waals surface area contributed by atoms with Crippen molar-refractivity contribution in [1.29, 1.82) is 0 Å². The highest BCUT2D eigenvalue weighted by Gasteiger charge is 2.58. The monoisotopic (exact) mass is 587 g/mol. The molecule has 6 nitrogen and oxygen atoms in total. The number of fused-ring (bicyclic) bond motifs is 1. The van der Waals surface area contributed by atoms with Gasteiger partial charge in [-0.15, -0.1) is 0 Å². The summed E-state index contributed by atoms with van der Waals surface area (Å²) in [6.07, 6.45) is 17.5. The fraction of sp³-hybridized carbons (Fsp3) is 0.595. The predicted octanol–water partition coefficient (Wildman–Crippen LogP) is 7.25. The summed E-state index contributed by atoms with van der Waals surface area (Å²) in [7, 11) is 1.72. The molecule has 1 N–H and O–H groups in total. The summed E-state index contributed by atoms with van der Waals surface area (Å²) in [5.41, 5.74) is 7.14. The standard InChI is InChI=1S/C37H49NO5/c1-26(23-41-3)24-42-25-28-11-13-30(14-12-28)37(40)17-7-6-10-33(37)31-15-18-36(22-34(36)27(31)2)32-9-5-4-8-29(32)16-19-38-20-21-43-35(38)39/h5,9,11-15,18,26,33-34,40H,4,6-8,10,16-17,19-25H2,1-3H3. The molecule has 1 saturated heterocycles. The van der Waals surface area contributed by atoms with E-state index in [4.69, 9.17) is 14.2 Å². The number of carbonyl (C=O) groups is 1. The molecule has 1 aromatic rings. The van der Waals surface area contributed by atoms with Crippen molar-refractivity contribution in [2.45, 2.75) is 77.4 Å². The average Bonchev–Trinajstić information content (AvgIpc) is 3.64. The zero-order valence-electron chi connectivity index (χ0n) is 26.3.